The van der Waals surface area contributed by atoms with Crippen LogP contribution in [0.4, 0.5) is 0 Å². The maximum Gasteiger partial charge on any atom is 0.336 e. The summed E-state index contributed by atoms with van der Waals surface area (Å²) < 4.78 is 7.20. The third-order valence-corrected chi connectivity index (χ3v) is 5.57. The van der Waals surface area contributed by atoms with Gasteiger partial charge in [-0.25, -0.2) is 4.79 Å². The molecule has 4 aromatic rings. The van der Waals surface area contributed by atoms with E-state index < -0.39 is 5.63 Å². The number of nitrogens with zero attached hydrogens (tertiary/aromatic N) is 3. The van der Waals surface area contributed by atoms with E-state index in [-0.39, 0.29) is 5.75 Å². The molecule has 0 bridgehead atoms. The highest BCUT2D eigenvalue weighted by Gasteiger charge is 2.14. The lowest BCUT2D eigenvalue weighted by Crippen LogP contribution is -2.02. The average molecular weight is 414 g/mol. The van der Waals surface area contributed by atoms with Crippen LogP contribution in [0, 0.1) is 0 Å². The molecule has 0 atom stereocenters. The van der Waals surface area contributed by atoms with E-state index in [0.717, 1.165) is 27.5 Å². The van der Waals surface area contributed by atoms with Gasteiger partial charge in [-0.1, -0.05) is 23.4 Å². The van der Waals surface area contributed by atoms with Gasteiger partial charge in [0.15, 0.2) is 11.0 Å². The highest BCUT2D eigenvalue weighted by molar-refractivity contribution is 7.98. The number of aromatic hydroxyl groups is 1. The number of aromatic nitrogens is 3. The monoisotopic (exact) mass is 413 g/mol. The Morgan fingerprint density at radius 2 is 1.93 bits per heavy atom. The molecule has 0 amide bonds. The average Bonchev–Trinajstić information content (AvgIpc) is 3.09. The van der Waals surface area contributed by atoms with Crippen LogP contribution in [0.5, 0.6) is 5.75 Å². The molecule has 1 N–H and O–H groups in total. The van der Waals surface area contributed by atoms with E-state index >= 15 is 0 Å². The van der Waals surface area contributed by atoms with Gasteiger partial charge in [0, 0.05) is 40.4 Å². The second kappa shape index (κ2) is 7.69. The number of fused-ring (bicyclic) bond motifs is 1. The Balaban J connectivity index is 1.65. The molecule has 0 fully saturated rings. The largest absolute Gasteiger partial charge is 0.508 e. The van der Waals surface area contributed by atoms with Crippen molar-refractivity contribution in [2.45, 2.75) is 24.4 Å². The molecule has 2 aromatic carbocycles. The summed E-state index contributed by atoms with van der Waals surface area (Å²) in [5.74, 6) is 1.34. The zero-order valence-corrected chi connectivity index (χ0v) is 16.5. The number of hydrogen-bond donors (Lipinski definition) is 1. The summed E-state index contributed by atoms with van der Waals surface area (Å²) in [4.78, 5) is 11.9. The molecule has 142 valence electrons. The molecule has 6 nitrogen and oxygen atoms in total. The summed E-state index contributed by atoms with van der Waals surface area (Å²) in [6.45, 7) is 2.74. The Morgan fingerprint density at radius 3 is 2.68 bits per heavy atom. The first-order valence-electron chi connectivity index (χ1n) is 8.63. The van der Waals surface area contributed by atoms with Crippen molar-refractivity contribution in [2.75, 3.05) is 0 Å². The van der Waals surface area contributed by atoms with Crippen LogP contribution >= 0.6 is 23.4 Å². The van der Waals surface area contributed by atoms with Gasteiger partial charge in [-0.3, -0.25) is 0 Å². The Morgan fingerprint density at radius 1 is 1.14 bits per heavy atom. The van der Waals surface area contributed by atoms with E-state index in [9.17, 15) is 9.90 Å². The van der Waals surface area contributed by atoms with Crippen LogP contribution in [0.25, 0.3) is 22.4 Å². The standard InChI is InChI=1S/C20H16ClN3O3S/c1-2-24-19(12-3-5-14(21)6-4-12)22-23-20(24)28-11-13-9-18(26)27-17-10-15(25)7-8-16(13)17/h3-10,25H,2,11H2,1H3. The summed E-state index contributed by atoms with van der Waals surface area (Å²) >= 11 is 7.46. The predicted molar refractivity (Wildman–Crippen MR) is 110 cm³/mol. The maximum atomic E-state index is 11.9. The molecule has 2 aromatic heterocycles. The molecule has 0 aliphatic rings. The number of rotatable bonds is 5. The Bertz CT molecular complexity index is 1200. The van der Waals surface area contributed by atoms with E-state index in [2.05, 4.69) is 10.2 Å². The Hall–Kier alpha value is -2.77. The molecule has 0 aliphatic carbocycles. The molecule has 8 heteroatoms. The first-order chi connectivity index (χ1) is 13.5. The quantitative estimate of drug-likeness (QED) is 0.376. The minimum Gasteiger partial charge on any atom is -0.508 e. The topological polar surface area (TPSA) is 81.2 Å². The normalized spacial score (nSPS) is 11.2. The van der Waals surface area contributed by atoms with E-state index in [1.807, 2.05) is 35.8 Å². The van der Waals surface area contributed by atoms with Crippen molar-refractivity contribution >= 4 is 34.3 Å². The number of benzene rings is 2. The molecular weight excluding hydrogens is 398 g/mol. The van der Waals surface area contributed by atoms with Gasteiger partial charge in [0.25, 0.3) is 0 Å². The lowest BCUT2D eigenvalue weighted by Gasteiger charge is -2.08. The lowest BCUT2D eigenvalue weighted by molar-refractivity contribution is 0.473. The highest BCUT2D eigenvalue weighted by atomic mass is 35.5. The van der Waals surface area contributed by atoms with Gasteiger partial charge in [-0.05, 0) is 48.9 Å². The molecule has 28 heavy (non-hydrogen) atoms. The first-order valence-corrected chi connectivity index (χ1v) is 9.99. The van der Waals surface area contributed by atoms with Crippen LogP contribution in [-0.2, 0) is 12.3 Å². The van der Waals surface area contributed by atoms with Crippen molar-refractivity contribution in [2.24, 2.45) is 0 Å². The lowest BCUT2D eigenvalue weighted by atomic mass is 10.1. The predicted octanol–water partition coefficient (Wildman–Crippen LogP) is 4.72. The third-order valence-electron chi connectivity index (χ3n) is 4.31. The Labute approximate surface area is 169 Å². The minimum atomic E-state index is -0.451. The van der Waals surface area contributed by atoms with Crippen molar-refractivity contribution in [1.82, 2.24) is 14.8 Å². The van der Waals surface area contributed by atoms with Gasteiger partial charge in [0.2, 0.25) is 0 Å². The molecule has 0 radical (unpaired) electrons. The molecule has 0 spiro atoms. The number of halogens is 1. The molecule has 2 heterocycles. The van der Waals surface area contributed by atoms with E-state index in [1.54, 1.807) is 12.1 Å². The molecule has 0 unspecified atom stereocenters. The van der Waals surface area contributed by atoms with Gasteiger partial charge in [0.1, 0.15) is 11.3 Å². The molecule has 0 aliphatic heterocycles. The minimum absolute atomic E-state index is 0.0544. The van der Waals surface area contributed by atoms with Crippen molar-refractivity contribution in [3.05, 3.63) is 69.5 Å². The zero-order valence-electron chi connectivity index (χ0n) is 14.9. The van der Waals surface area contributed by atoms with Crippen molar-refractivity contribution < 1.29 is 9.52 Å². The van der Waals surface area contributed by atoms with Crippen LogP contribution in [-0.4, -0.2) is 19.9 Å². The summed E-state index contributed by atoms with van der Waals surface area (Å²) in [6, 6.07) is 13.7. The van der Waals surface area contributed by atoms with Crippen LogP contribution in [0.2, 0.25) is 5.02 Å². The number of thioether (sulfide) groups is 1. The number of phenolic OH excluding ortho intramolecular Hbond substituents is 1. The highest BCUT2D eigenvalue weighted by Crippen LogP contribution is 2.30. The second-order valence-corrected chi connectivity index (χ2v) is 7.50. The Kier molecular flexibility index (Phi) is 5.11. The van der Waals surface area contributed by atoms with Gasteiger partial charge >= 0.3 is 5.63 Å². The van der Waals surface area contributed by atoms with Crippen molar-refractivity contribution in [3.63, 3.8) is 0 Å². The summed E-state index contributed by atoms with van der Waals surface area (Å²) in [7, 11) is 0. The number of hydrogen-bond acceptors (Lipinski definition) is 6. The van der Waals surface area contributed by atoms with Crippen molar-refractivity contribution in [1.29, 1.82) is 0 Å². The van der Waals surface area contributed by atoms with Crippen molar-refractivity contribution in [3.8, 4) is 17.1 Å². The smallest absolute Gasteiger partial charge is 0.336 e. The van der Waals surface area contributed by atoms with Gasteiger partial charge in [-0.15, -0.1) is 10.2 Å². The second-order valence-electron chi connectivity index (χ2n) is 6.12. The number of phenols is 1. The summed E-state index contributed by atoms with van der Waals surface area (Å²) in [6.07, 6.45) is 0. The van der Waals surface area contributed by atoms with Gasteiger partial charge < -0.3 is 14.1 Å². The fourth-order valence-electron chi connectivity index (χ4n) is 2.97. The molecule has 0 saturated carbocycles. The fourth-order valence-corrected chi connectivity index (χ4v) is 4.09. The third kappa shape index (κ3) is 3.63. The molecule has 0 saturated heterocycles. The van der Waals surface area contributed by atoms with Crippen LogP contribution < -0.4 is 5.63 Å². The molecular formula is C20H16ClN3O3S. The first kappa shape index (κ1) is 18.6. The van der Waals surface area contributed by atoms with Gasteiger partial charge in [-0.2, -0.15) is 0 Å². The fraction of sp³-hybridized carbons (Fsp3) is 0.150. The molecule has 4 rings (SSSR count). The van der Waals surface area contributed by atoms with Gasteiger partial charge in [0.05, 0.1) is 0 Å². The summed E-state index contributed by atoms with van der Waals surface area (Å²) in [5.41, 5.74) is 1.66. The summed E-state index contributed by atoms with van der Waals surface area (Å²) in [5, 5.41) is 20.5. The van der Waals surface area contributed by atoms with Crippen LogP contribution in [0.15, 0.2) is 62.9 Å². The van der Waals surface area contributed by atoms with E-state index in [1.165, 1.54) is 23.9 Å². The van der Waals surface area contributed by atoms with E-state index in [4.69, 9.17) is 16.0 Å². The van der Waals surface area contributed by atoms with Crippen LogP contribution in [0.1, 0.15) is 12.5 Å². The maximum absolute atomic E-state index is 11.9. The van der Waals surface area contributed by atoms with Crippen LogP contribution in [0.3, 0.4) is 0 Å². The van der Waals surface area contributed by atoms with E-state index in [0.29, 0.717) is 22.9 Å². The SMILES string of the molecule is CCn1c(SCc2cc(=O)oc3cc(O)ccc23)nnc1-c1ccc(Cl)cc1. The zero-order chi connectivity index (χ0) is 19.7.